The van der Waals surface area contributed by atoms with Crippen LogP contribution in [0.2, 0.25) is 0 Å². The lowest BCUT2D eigenvalue weighted by Crippen LogP contribution is -2.35. The number of hydrogen-bond donors (Lipinski definition) is 1. The zero-order valence-corrected chi connectivity index (χ0v) is 9.84. The average molecular weight is 231 g/mol. The molecule has 90 valence electrons. The predicted molar refractivity (Wildman–Crippen MR) is 65.4 cm³/mol. The smallest absolute Gasteiger partial charge is 0.226 e. The lowest BCUT2D eigenvalue weighted by molar-refractivity contribution is 0.383. The molecule has 2 N–H and O–H groups in total. The normalized spacial score (nSPS) is 16.8. The summed E-state index contributed by atoms with van der Waals surface area (Å²) >= 11 is 0. The van der Waals surface area contributed by atoms with Gasteiger partial charge in [0.25, 0.3) is 0 Å². The molecule has 0 spiro atoms. The molecule has 1 aromatic heterocycles. The predicted octanol–water partition coefficient (Wildman–Crippen LogP) is 0.913. The molecule has 5 nitrogen and oxygen atoms in total. The van der Waals surface area contributed by atoms with Crippen molar-refractivity contribution >= 4 is 5.95 Å². The molecule has 1 aliphatic rings. The first kappa shape index (κ1) is 11.8. The van der Waals surface area contributed by atoms with Crippen LogP contribution in [0.5, 0.6) is 0 Å². The summed E-state index contributed by atoms with van der Waals surface area (Å²) in [5, 5.41) is 8.80. The topological polar surface area (TPSA) is 78.8 Å². The van der Waals surface area contributed by atoms with E-state index in [0.717, 1.165) is 44.8 Å². The van der Waals surface area contributed by atoms with Crippen LogP contribution >= 0.6 is 0 Å². The summed E-state index contributed by atoms with van der Waals surface area (Å²) in [6.07, 6.45) is 5.02. The third-order valence-electron chi connectivity index (χ3n) is 3.23. The van der Waals surface area contributed by atoms with Crippen LogP contribution in [0.25, 0.3) is 0 Å². The van der Waals surface area contributed by atoms with E-state index < -0.39 is 0 Å². The van der Waals surface area contributed by atoms with E-state index >= 15 is 0 Å². The Morgan fingerprint density at radius 2 is 2.24 bits per heavy atom. The van der Waals surface area contributed by atoms with Gasteiger partial charge in [-0.25, -0.2) is 9.97 Å². The minimum absolute atomic E-state index is 0.430. The molecule has 2 heterocycles. The first-order valence-corrected chi connectivity index (χ1v) is 6.01. The fourth-order valence-electron chi connectivity index (χ4n) is 2.22. The molecule has 1 saturated heterocycles. The van der Waals surface area contributed by atoms with Gasteiger partial charge in [-0.15, -0.1) is 0 Å². The maximum Gasteiger partial charge on any atom is 0.226 e. The second-order valence-electron chi connectivity index (χ2n) is 4.36. The van der Waals surface area contributed by atoms with Gasteiger partial charge in [-0.3, -0.25) is 0 Å². The number of piperidine rings is 1. The minimum Gasteiger partial charge on any atom is -0.341 e. The molecule has 0 amide bonds. The van der Waals surface area contributed by atoms with Crippen LogP contribution in [0.4, 0.5) is 5.95 Å². The van der Waals surface area contributed by atoms with Gasteiger partial charge in [0.15, 0.2) is 0 Å². The maximum absolute atomic E-state index is 8.80. The van der Waals surface area contributed by atoms with E-state index in [1.807, 2.05) is 6.07 Å². The Morgan fingerprint density at radius 3 is 2.88 bits per heavy atom. The molecule has 0 aliphatic carbocycles. The van der Waals surface area contributed by atoms with E-state index in [4.69, 9.17) is 11.0 Å². The second-order valence-corrected chi connectivity index (χ2v) is 4.36. The minimum atomic E-state index is 0.430. The van der Waals surface area contributed by atoms with Crippen molar-refractivity contribution in [1.29, 1.82) is 5.26 Å². The summed E-state index contributed by atoms with van der Waals surface area (Å²) in [5.41, 5.74) is 6.00. The number of nitrogens with two attached hydrogens (primary N) is 1. The van der Waals surface area contributed by atoms with Gasteiger partial charge < -0.3 is 10.6 Å². The van der Waals surface area contributed by atoms with Gasteiger partial charge in [0.1, 0.15) is 11.8 Å². The molecule has 0 saturated carbocycles. The summed E-state index contributed by atoms with van der Waals surface area (Å²) in [6, 6.07) is 3.67. The van der Waals surface area contributed by atoms with E-state index in [9.17, 15) is 0 Å². The third kappa shape index (κ3) is 2.92. The lowest BCUT2D eigenvalue weighted by atomic mass is 9.94. The van der Waals surface area contributed by atoms with E-state index in [1.54, 1.807) is 12.3 Å². The van der Waals surface area contributed by atoms with E-state index in [-0.39, 0.29) is 0 Å². The molecule has 1 fully saturated rings. The van der Waals surface area contributed by atoms with Crippen LogP contribution in [-0.4, -0.2) is 29.6 Å². The van der Waals surface area contributed by atoms with Crippen molar-refractivity contribution in [3.05, 3.63) is 18.0 Å². The van der Waals surface area contributed by atoms with Crippen LogP contribution in [0, 0.1) is 17.2 Å². The summed E-state index contributed by atoms with van der Waals surface area (Å²) < 4.78 is 0. The Balaban J connectivity index is 1.98. The summed E-state index contributed by atoms with van der Waals surface area (Å²) in [6.45, 7) is 2.68. The van der Waals surface area contributed by atoms with Crippen molar-refractivity contribution in [3.63, 3.8) is 0 Å². The largest absolute Gasteiger partial charge is 0.341 e. The van der Waals surface area contributed by atoms with Crippen LogP contribution in [0.15, 0.2) is 12.3 Å². The van der Waals surface area contributed by atoms with Crippen LogP contribution in [0.3, 0.4) is 0 Å². The number of nitriles is 1. The highest BCUT2D eigenvalue weighted by atomic mass is 15.2. The standard InChI is InChI=1S/C12H17N5/c13-5-1-10-3-7-17(8-4-10)12-15-6-2-11(9-14)16-12/h2,6,10H,1,3-5,7-8,13H2. The number of rotatable bonds is 3. The van der Waals surface area contributed by atoms with Crippen LogP contribution < -0.4 is 10.6 Å². The third-order valence-corrected chi connectivity index (χ3v) is 3.23. The fraction of sp³-hybridized carbons (Fsp3) is 0.583. The summed E-state index contributed by atoms with van der Waals surface area (Å²) in [7, 11) is 0. The van der Waals surface area contributed by atoms with Crippen molar-refractivity contribution in [2.24, 2.45) is 11.7 Å². The van der Waals surface area contributed by atoms with Crippen molar-refractivity contribution in [2.75, 3.05) is 24.5 Å². The Bertz CT molecular complexity index is 404. The Morgan fingerprint density at radius 1 is 1.47 bits per heavy atom. The average Bonchev–Trinajstić information content (AvgIpc) is 2.40. The SMILES string of the molecule is N#Cc1ccnc(N2CCC(CCN)CC2)n1. The highest BCUT2D eigenvalue weighted by Gasteiger charge is 2.20. The van der Waals surface area contributed by atoms with Gasteiger partial charge in [-0.2, -0.15) is 5.26 Å². The molecular weight excluding hydrogens is 214 g/mol. The van der Waals surface area contributed by atoms with Crippen molar-refractivity contribution in [2.45, 2.75) is 19.3 Å². The van der Waals surface area contributed by atoms with Gasteiger partial charge in [0.05, 0.1) is 0 Å². The summed E-state index contributed by atoms with van der Waals surface area (Å²) in [5.74, 6) is 1.41. The molecule has 5 heteroatoms. The van der Waals surface area contributed by atoms with Crippen LogP contribution in [0.1, 0.15) is 25.0 Å². The van der Waals surface area contributed by atoms with E-state index in [0.29, 0.717) is 11.6 Å². The zero-order valence-electron chi connectivity index (χ0n) is 9.84. The first-order valence-electron chi connectivity index (χ1n) is 6.01. The fourth-order valence-corrected chi connectivity index (χ4v) is 2.22. The van der Waals surface area contributed by atoms with Crippen molar-refractivity contribution in [1.82, 2.24) is 9.97 Å². The molecule has 0 radical (unpaired) electrons. The highest BCUT2D eigenvalue weighted by Crippen LogP contribution is 2.22. The van der Waals surface area contributed by atoms with Crippen LogP contribution in [-0.2, 0) is 0 Å². The molecule has 17 heavy (non-hydrogen) atoms. The molecule has 1 aromatic rings. The van der Waals surface area contributed by atoms with Crippen molar-refractivity contribution < 1.29 is 0 Å². The number of nitrogens with zero attached hydrogens (tertiary/aromatic N) is 4. The zero-order chi connectivity index (χ0) is 12.1. The lowest BCUT2D eigenvalue weighted by Gasteiger charge is -2.31. The molecule has 0 bridgehead atoms. The Labute approximate surface area is 101 Å². The maximum atomic E-state index is 8.80. The molecule has 0 aromatic carbocycles. The molecular formula is C12H17N5. The quantitative estimate of drug-likeness (QED) is 0.836. The van der Waals surface area contributed by atoms with Crippen molar-refractivity contribution in [3.8, 4) is 6.07 Å². The summed E-state index contributed by atoms with van der Waals surface area (Å²) in [4.78, 5) is 10.6. The van der Waals surface area contributed by atoms with Gasteiger partial charge >= 0.3 is 0 Å². The molecule has 0 atom stereocenters. The first-order chi connectivity index (χ1) is 8.33. The van der Waals surface area contributed by atoms with E-state index in [2.05, 4.69) is 14.9 Å². The van der Waals surface area contributed by atoms with Gasteiger partial charge in [-0.1, -0.05) is 0 Å². The Hall–Kier alpha value is -1.67. The number of anilines is 1. The highest BCUT2D eigenvalue weighted by molar-refractivity contribution is 5.33. The number of hydrogen-bond acceptors (Lipinski definition) is 5. The van der Waals surface area contributed by atoms with Gasteiger partial charge in [0.2, 0.25) is 5.95 Å². The number of aromatic nitrogens is 2. The van der Waals surface area contributed by atoms with Gasteiger partial charge in [-0.05, 0) is 37.8 Å². The van der Waals surface area contributed by atoms with E-state index in [1.165, 1.54) is 0 Å². The monoisotopic (exact) mass is 231 g/mol. The molecule has 0 unspecified atom stereocenters. The molecule has 2 rings (SSSR count). The molecule has 1 aliphatic heterocycles. The van der Waals surface area contributed by atoms with Gasteiger partial charge in [0, 0.05) is 19.3 Å². The second kappa shape index (κ2) is 5.60. The Kier molecular flexibility index (Phi) is 3.89.